The van der Waals surface area contributed by atoms with E-state index in [9.17, 15) is 14.4 Å². The zero-order valence-electron chi connectivity index (χ0n) is 18.3. The molecular weight excluding hydrogens is 428 g/mol. The van der Waals surface area contributed by atoms with Gasteiger partial charge in [-0.25, -0.2) is 9.48 Å². The lowest BCUT2D eigenvalue weighted by molar-refractivity contribution is -0.157. The maximum absolute atomic E-state index is 13.1. The fourth-order valence-corrected chi connectivity index (χ4v) is 3.73. The van der Waals surface area contributed by atoms with Crippen LogP contribution in [0.4, 0.5) is 5.69 Å². The Kier molecular flexibility index (Phi) is 5.82. The Bertz CT molecular complexity index is 1270. The average Bonchev–Trinajstić information content (AvgIpc) is 2.84. The molecule has 4 rings (SSSR count). The highest BCUT2D eigenvalue weighted by Crippen LogP contribution is 2.39. The van der Waals surface area contributed by atoms with Crippen molar-refractivity contribution in [2.75, 3.05) is 26.1 Å². The van der Waals surface area contributed by atoms with Crippen molar-refractivity contribution in [3.05, 3.63) is 58.9 Å². The van der Waals surface area contributed by atoms with Crippen molar-refractivity contribution in [1.82, 2.24) is 14.8 Å². The second kappa shape index (κ2) is 8.73. The number of methoxy groups -OCH3 is 2. The summed E-state index contributed by atoms with van der Waals surface area (Å²) in [4.78, 5) is 42.7. The number of fused-ring (bicyclic) bond motifs is 3. The van der Waals surface area contributed by atoms with Crippen LogP contribution >= 0.6 is 0 Å². The summed E-state index contributed by atoms with van der Waals surface area (Å²) in [6, 6.07) is 13.7. The predicted molar refractivity (Wildman–Crippen MR) is 119 cm³/mol. The molecule has 1 aliphatic heterocycles. The van der Waals surface area contributed by atoms with E-state index in [-0.39, 0.29) is 11.5 Å². The molecule has 0 saturated heterocycles. The molecule has 10 nitrogen and oxygen atoms in total. The number of para-hydroxylation sites is 1. The number of benzene rings is 2. The second-order valence-corrected chi connectivity index (χ2v) is 7.23. The highest BCUT2D eigenvalue weighted by molar-refractivity contribution is 5.92. The van der Waals surface area contributed by atoms with Crippen LogP contribution < -0.4 is 15.6 Å². The fourth-order valence-electron chi connectivity index (χ4n) is 3.73. The Labute approximate surface area is 189 Å². The van der Waals surface area contributed by atoms with E-state index < -0.39 is 29.6 Å². The number of ether oxygens (including phenoxy) is 3. The van der Waals surface area contributed by atoms with Gasteiger partial charge in [-0.15, -0.1) is 0 Å². The number of carbonyl (C=O) groups excluding carboxylic acids is 2. The summed E-state index contributed by atoms with van der Waals surface area (Å²) < 4.78 is 16.5. The molecule has 33 heavy (non-hydrogen) atoms. The molecule has 170 valence electrons. The van der Waals surface area contributed by atoms with Crippen LogP contribution in [0.1, 0.15) is 13.3 Å². The van der Waals surface area contributed by atoms with Crippen LogP contribution in [-0.2, 0) is 24.7 Å². The number of carbonyl (C=O) groups is 2. The summed E-state index contributed by atoms with van der Waals surface area (Å²) in [5, 5.41) is 7.57. The second-order valence-electron chi connectivity index (χ2n) is 7.23. The van der Waals surface area contributed by atoms with Crippen molar-refractivity contribution in [2.45, 2.75) is 19.0 Å². The highest BCUT2D eigenvalue weighted by Gasteiger charge is 2.50. The van der Waals surface area contributed by atoms with E-state index in [0.29, 0.717) is 29.2 Å². The van der Waals surface area contributed by atoms with E-state index in [4.69, 9.17) is 14.2 Å². The quantitative estimate of drug-likeness (QED) is 0.563. The zero-order valence-corrected chi connectivity index (χ0v) is 18.3. The maximum Gasteiger partial charge on any atom is 0.355 e. The van der Waals surface area contributed by atoms with Gasteiger partial charge in [0.05, 0.1) is 20.8 Å². The zero-order chi connectivity index (χ0) is 23.6. The van der Waals surface area contributed by atoms with Gasteiger partial charge in [-0.3, -0.25) is 9.59 Å². The fraction of sp³-hybridized carbons (Fsp3) is 0.261. The smallest absolute Gasteiger partial charge is 0.355 e. The van der Waals surface area contributed by atoms with Crippen LogP contribution in [0.3, 0.4) is 0 Å². The largest absolute Gasteiger partial charge is 0.494 e. The van der Waals surface area contributed by atoms with E-state index in [1.807, 2.05) is 6.92 Å². The third kappa shape index (κ3) is 3.79. The minimum atomic E-state index is -1.81. The number of rotatable bonds is 6. The van der Waals surface area contributed by atoms with Gasteiger partial charge in [-0.2, -0.15) is 10.1 Å². The number of aromatic nitrogens is 3. The number of esters is 2. The minimum absolute atomic E-state index is 0.00104. The lowest BCUT2D eigenvalue weighted by atomic mass is 9.99. The molecule has 2 heterocycles. The molecule has 3 aromatic rings. The van der Waals surface area contributed by atoms with Gasteiger partial charge >= 0.3 is 11.9 Å². The molecule has 0 saturated carbocycles. The molecule has 0 unspecified atom stereocenters. The first-order valence-electron chi connectivity index (χ1n) is 10.2. The molecular formula is C23H22N4O6. The number of nitrogens with one attached hydrogen (secondary N) is 1. The Balaban J connectivity index is 1.97. The third-order valence-corrected chi connectivity index (χ3v) is 5.27. The van der Waals surface area contributed by atoms with Crippen LogP contribution in [0.2, 0.25) is 0 Å². The number of hydrogen-bond donors (Lipinski definition) is 1. The topological polar surface area (TPSA) is 122 Å². The van der Waals surface area contributed by atoms with Crippen LogP contribution in [0.5, 0.6) is 5.75 Å². The monoisotopic (exact) mass is 450 g/mol. The van der Waals surface area contributed by atoms with Gasteiger partial charge in [-0.05, 0) is 43.3 Å². The van der Waals surface area contributed by atoms with Gasteiger partial charge in [-0.1, -0.05) is 12.1 Å². The van der Waals surface area contributed by atoms with E-state index in [1.165, 1.54) is 18.9 Å². The standard InChI is InChI=1S/C23H22N4O6/c1-4-33-15-11-9-14(10-12-15)19-21(29)24-20-16-7-5-6-8-17(16)25-23(22(30)32-3,27(20)26-19)13-18(28)31-2/h5-12,25H,4,13H2,1-3H3/t23-/m0/s1. The van der Waals surface area contributed by atoms with Crippen molar-refractivity contribution in [2.24, 2.45) is 0 Å². The van der Waals surface area contributed by atoms with Gasteiger partial charge in [0.15, 0.2) is 11.5 Å². The molecule has 1 aromatic heterocycles. The number of nitrogens with zero attached hydrogens (tertiary/aromatic N) is 3. The molecule has 1 aliphatic rings. The van der Waals surface area contributed by atoms with Crippen molar-refractivity contribution >= 4 is 17.6 Å². The Hall–Kier alpha value is -4.21. The summed E-state index contributed by atoms with van der Waals surface area (Å²) in [5.41, 5.74) is -0.882. The van der Waals surface area contributed by atoms with E-state index in [0.717, 1.165) is 0 Å². The molecule has 1 atom stereocenters. The SMILES string of the molecule is CCOc1ccc(-c2nn3c(nc2=O)-c2ccccc2N[C@]3(CC(=O)OC)C(=O)OC)cc1. The van der Waals surface area contributed by atoms with Gasteiger partial charge in [0, 0.05) is 16.8 Å². The van der Waals surface area contributed by atoms with Crippen LogP contribution in [0, 0.1) is 0 Å². The number of anilines is 1. The molecule has 0 spiro atoms. The number of hydrogen-bond acceptors (Lipinski definition) is 9. The lowest BCUT2D eigenvalue weighted by Gasteiger charge is -2.38. The maximum atomic E-state index is 13.1. The molecule has 0 amide bonds. The minimum Gasteiger partial charge on any atom is -0.494 e. The Morgan fingerprint density at radius 2 is 1.79 bits per heavy atom. The normalized spacial score (nSPS) is 16.1. The summed E-state index contributed by atoms with van der Waals surface area (Å²) in [6.07, 6.45) is -0.447. The van der Waals surface area contributed by atoms with Gasteiger partial charge in [0.2, 0.25) is 5.66 Å². The predicted octanol–water partition coefficient (Wildman–Crippen LogP) is 2.19. The first-order valence-corrected chi connectivity index (χ1v) is 10.2. The van der Waals surface area contributed by atoms with Crippen molar-refractivity contribution in [3.63, 3.8) is 0 Å². The van der Waals surface area contributed by atoms with Crippen molar-refractivity contribution < 1.29 is 23.8 Å². The average molecular weight is 450 g/mol. The molecule has 10 heteroatoms. The summed E-state index contributed by atoms with van der Waals surface area (Å²) >= 11 is 0. The molecule has 0 bridgehead atoms. The van der Waals surface area contributed by atoms with Crippen molar-refractivity contribution in [3.8, 4) is 28.4 Å². The summed E-state index contributed by atoms with van der Waals surface area (Å²) in [7, 11) is 2.42. The van der Waals surface area contributed by atoms with Gasteiger partial charge in [0.25, 0.3) is 5.56 Å². The first kappa shape index (κ1) is 22.0. The molecule has 0 fully saturated rings. The van der Waals surface area contributed by atoms with Crippen LogP contribution in [-0.4, -0.2) is 47.5 Å². The lowest BCUT2D eigenvalue weighted by Crippen LogP contribution is -2.55. The van der Waals surface area contributed by atoms with Gasteiger partial charge < -0.3 is 19.5 Å². The Morgan fingerprint density at radius 1 is 1.06 bits per heavy atom. The van der Waals surface area contributed by atoms with E-state index in [1.54, 1.807) is 48.5 Å². The molecule has 1 N–H and O–H groups in total. The third-order valence-electron chi connectivity index (χ3n) is 5.27. The van der Waals surface area contributed by atoms with Crippen molar-refractivity contribution in [1.29, 1.82) is 0 Å². The molecule has 0 aliphatic carbocycles. The summed E-state index contributed by atoms with van der Waals surface area (Å²) in [6.45, 7) is 2.37. The first-order chi connectivity index (χ1) is 15.9. The highest BCUT2D eigenvalue weighted by atomic mass is 16.5. The van der Waals surface area contributed by atoms with Crippen LogP contribution in [0.25, 0.3) is 22.6 Å². The van der Waals surface area contributed by atoms with Gasteiger partial charge in [0.1, 0.15) is 12.2 Å². The van der Waals surface area contributed by atoms with Crippen LogP contribution in [0.15, 0.2) is 53.3 Å². The Morgan fingerprint density at radius 3 is 2.45 bits per heavy atom. The summed E-state index contributed by atoms with van der Waals surface area (Å²) in [5.74, 6) is -0.712. The van der Waals surface area contributed by atoms with E-state index >= 15 is 0 Å². The van der Waals surface area contributed by atoms with E-state index in [2.05, 4.69) is 15.4 Å². The molecule has 2 aromatic carbocycles. The molecule has 0 radical (unpaired) electrons.